The summed E-state index contributed by atoms with van der Waals surface area (Å²) in [4.78, 5) is 0. The lowest BCUT2D eigenvalue weighted by molar-refractivity contribution is 0.0429. The third-order valence-corrected chi connectivity index (χ3v) is 3.74. The molecule has 0 heterocycles. The fraction of sp³-hybridized carbons (Fsp3) is 1.00. The zero-order valence-corrected chi connectivity index (χ0v) is 7.84. The van der Waals surface area contributed by atoms with Crippen LogP contribution in [0.5, 0.6) is 0 Å². The molecule has 0 aromatic heterocycles. The molecule has 0 spiro atoms. The van der Waals surface area contributed by atoms with E-state index in [1.165, 1.54) is 44.9 Å². The van der Waals surface area contributed by atoms with Crippen LogP contribution in [0.4, 0.5) is 0 Å². The van der Waals surface area contributed by atoms with Crippen LogP contribution in [-0.2, 0) is 0 Å². The molecule has 2 fully saturated rings. The molecule has 2 aliphatic rings. The molecule has 1 unspecified atom stereocenters. The molecular formula is C11H20O. The predicted molar refractivity (Wildman–Crippen MR) is 49.9 cm³/mol. The summed E-state index contributed by atoms with van der Waals surface area (Å²) in [5.74, 6) is 1.53. The van der Waals surface area contributed by atoms with Gasteiger partial charge >= 0.3 is 0 Å². The Morgan fingerprint density at radius 1 is 1.00 bits per heavy atom. The Morgan fingerprint density at radius 2 is 1.67 bits per heavy atom. The highest BCUT2D eigenvalue weighted by Gasteiger charge is 2.28. The predicted octanol–water partition coefficient (Wildman–Crippen LogP) is 2.73. The molecule has 1 heteroatoms. The van der Waals surface area contributed by atoms with Crippen LogP contribution < -0.4 is 0 Å². The molecule has 0 saturated heterocycles. The fourth-order valence-electron chi connectivity index (χ4n) is 2.60. The third-order valence-electron chi connectivity index (χ3n) is 3.74. The van der Waals surface area contributed by atoms with E-state index in [0.29, 0.717) is 5.92 Å². The van der Waals surface area contributed by atoms with Crippen LogP contribution in [0.1, 0.15) is 51.4 Å². The Balaban J connectivity index is 1.69. The maximum Gasteiger partial charge on any atom is 0.0571 e. The lowest BCUT2D eigenvalue weighted by Crippen LogP contribution is -2.28. The molecule has 2 rings (SSSR count). The van der Waals surface area contributed by atoms with E-state index in [0.717, 1.165) is 12.3 Å². The maximum atomic E-state index is 9.83. The Morgan fingerprint density at radius 3 is 2.17 bits per heavy atom. The first-order chi connectivity index (χ1) is 5.86. The summed E-state index contributed by atoms with van der Waals surface area (Å²) >= 11 is 0. The molecule has 1 atom stereocenters. The van der Waals surface area contributed by atoms with Gasteiger partial charge in [-0.25, -0.2) is 0 Å². The van der Waals surface area contributed by atoms with Crippen molar-refractivity contribution < 1.29 is 5.11 Å². The molecule has 0 aliphatic heterocycles. The molecular weight excluding hydrogens is 148 g/mol. The normalized spacial score (nSPS) is 28.8. The molecule has 0 bridgehead atoms. The van der Waals surface area contributed by atoms with Gasteiger partial charge in [-0.15, -0.1) is 0 Å². The van der Waals surface area contributed by atoms with E-state index in [1.807, 2.05) is 0 Å². The minimum absolute atomic E-state index is 0.0434. The lowest BCUT2D eigenvalue weighted by atomic mass is 9.78. The third kappa shape index (κ3) is 1.82. The van der Waals surface area contributed by atoms with Crippen molar-refractivity contribution in [3.63, 3.8) is 0 Å². The first-order valence-electron chi connectivity index (χ1n) is 5.54. The van der Waals surface area contributed by atoms with Crippen LogP contribution in [0, 0.1) is 11.8 Å². The molecule has 2 saturated carbocycles. The Bertz CT molecular complexity index is 134. The summed E-state index contributed by atoms with van der Waals surface area (Å²) in [6.45, 7) is 0. The van der Waals surface area contributed by atoms with Crippen molar-refractivity contribution >= 4 is 0 Å². The first kappa shape index (κ1) is 8.55. The van der Waals surface area contributed by atoms with Crippen molar-refractivity contribution in [1.82, 2.24) is 0 Å². The van der Waals surface area contributed by atoms with Crippen LogP contribution in [-0.4, -0.2) is 11.2 Å². The smallest absolute Gasteiger partial charge is 0.0571 e. The van der Waals surface area contributed by atoms with E-state index < -0.39 is 0 Å². The van der Waals surface area contributed by atoms with Gasteiger partial charge in [-0.3, -0.25) is 0 Å². The molecule has 70 valence electrons. The van der Waals surface area contributed by atoms with Gasteiger partial charge in [-0.05, 0) is 31.1 Å². The Labute approximate surface area is 75.2 Å². The fourth-order valence-corrected chi connectivity index (χ4v) is 2.60. The number of hydrogen-bond acceptors (Lipinski definition) is 1. The molecule has 1 nitrogen and oxygen atoms in total. The number of rotatable bonds is 3. The molecule has 0 amide bonds. The summed E-state index contributed by atoms with van der Waals surface area (Å²) in [6, 6.07) is 0. The zero-order chi connectivity index (χ0) is 8.39. The second-order valence-corrected chi connectivity index (χ2v) is 4.64. The first-order valence-corrected chi connectivity index (χ1v) is 5.54. The van der Waals surface area contributed by atoms with Crippen LogP contribution in [0.25, 0.3) is 0 Å². The van der Waals surface area contributed by atoms with Gasteiger partial charge < -0.3 is 5.11 Å². The van der Waals surface area contributed by atoms with Crippen molar-refractivity contribution in [1.29, 1.82) is 0 Å². The SMILES string of the molecule is OC(CC1CCCC1)C1CCC1. The molecule has 1 N–H and O–H groups in total. The van der Waals surface area contributed by atoms with Gasteiger partial charge in [0.1, 0.15) is 0 Å². The number of aliphatic hydroxyl groups excluding tert-OH is 1. The van der Waals surface area contributed by atoms with Gasteiger partial charge in [-0.1, -0.05) is 32.1 Å². The Kier molecular flexibility index (Phi) is 2.69. The second-order valence-electron chi connectivity index (χ2n) is 4.64. The summed E-state index contributed by atoms with van der Waals surface area (Å²) in [6.07, 6.45) is 10.6. The highest BCUT2D eigenvalue weighted by Crippen LogP contribution is 2.36. The molecule has 0 aromatic rings. The van der Waals surface area contributed by atoms with Crippen LogP contribution in [0.15, 0.2) is 0 Å². The van der Waals surface area contributed by atoms with Crippen molar-refractivity contribution in [2.75, 3.05) is 0 Å². The average Bonchev–Trinajstić information content (AvgIpc) is 2.34. The summed E-state index contributed by atoms with van der Waals surface area (Å²) < 4.78 is 0. The topological polar surface area (TPSA) is 20.2 Å². The lowest BCUT2D eigenvalue weighted by Gasteiger charge is -2.31. The van der Waals surface area contributed by atoms with E-state index in [1.54, 1.807) is 0 Å². The Hall–Kier alpha value is -0.0400. The van der Waals surface area contributed by atoms with Crippen molar-refractivity contribution in [3.05, 3.63) is 0 Å². The minimum Gasteiger partial charge on any atom is -0.393 e. The van der Waals surface area contributed by atoms with E-state index in [9.17, 15) is 5.11 Å². The number of hydrogen-bond donors (Lipinski definition) is 1. The van der Waals surface area contributed by atoms with Crippen molar-refractivity contribution in [2.24, 2.45) is 11.8 Å². The standard InChI is InChI=1S/C11H20O/c12-11(10-6-3-7-10)8-9-4-1-2-5-9/h9-12H,1-8H2. The second kappa shape index (κ2) is 3.78. The van der Waals surface area contributed by atoms with Gasteiger partial charge in [0.2, 0.25) is 0 Å². The van der Waals surface area contributed by atoms with Crippen LogP contribution in [0.3, 0.4) is 0 Å². The highest BCUT2D eigenvalue weighted by atomic mass is 16.3. The van der Waals surface area contributed by atoms with Gasteiger partial charge in [0.25, 0.3) is 0 Å². The molecule has 0 aromatic carbocycles. The van der Waals surface area contributed by atoms with Crippen LogP contribution >= 0.6 is 0 Å². The van der Waals surface area contributed by atoms with Gasteiger partial charge in [0.05, 0.1) is 6.10 Å². The van der Waals surface area contributed by atoms with E-state index in [4.69, 9.17) is 0 Å². The zero-order valence-electron chi connectivity index (χ0n) is 7.84. The van der Waals surface area contributed by atoms with Crippen LogP contribution in [0.2, 0.25) is 0 Å². The molecule has 0 radical (unpaired) electrons. The highest BCUT2D eigenvalue weighted by molar-refractivity contribution is 4.80. The average molecular weight is 168 g/mol. The monoisotopic (exact) mass is 168 g/mol. The maximum absolute atomic E-state index is 9.83. The number of aliphatic hydroxyl groups is 1. The quantitative estimate of drug-likeness (QED) is 0.687. The van der Waals surface area contributed by atoms with E-state index in [2.05, 4.69) is 0 Å². The molecule has 2 aliphatic carbocycles. The van der Waals surface area contributed by atoms with Crippen molar-refractivity contribution in [3.8, 4) is 0 Å². The van der Waals surface area contributed by atoms with Gasteiger partial charge in [-0.2, -0.15) is 0 Å². The molecule has 12 heavy (non-hydrogen) atoms. The van der Waals surface area contributed by atoms with Crippen molar-refractivity contribution in [2.45, 2.75) is 57.5 Å². The van der Waals surface area contributed by atoms with E-state index in [-0.39, 0.29) is 6.10 Å². The largest absolute Gasteiger partial charge is 0.393 e. The van der Waals surface area contributed by atoms with E-state index >= 15 is 0 Å². The summed E-state index contributed by atoms with van der Waals surface area (Å²) in [5.41, 5.74) is 0. The van der Waals surface area contributed by atoms with Gasteiger partial charge in [0, 0.05) is 0 Å². The summed E-state index contributed by atoms with van der Waals surface area (Å²) in [7, 11) is 0. The van der Waals surface area contributed by atoms with Gasteiger partial charge in [0.15, 0.2) is 0 Å². The summed E-state index contributed by atoms with van der Waals surface area (Å²) in [5, 5.41) is 9.83. The minimum atomic E-state index is 0.0434.